The Bertz CT molecular complexity index is 203. The Morgan fingerprint density at radius 1 is 1.27 bits per heavy atom. The molecule has 1 rings (SSSR count). The maximum absolute atomic E-state index is 12.6. The molecule has 0 saturated carbocycles. The first-order valence-corrected chi connectivity index (χ1v) is 4.73. The first-order chi connectivity index (χ1) is 6.86. The van der Waals surface area contributed by atoms with Gasteiger partial charge in [0.05, 0.1) is 12.2 Å². The molecule has 3 atom stereocenters. The molecule has 1 aliphatic heterocycles. The van der Waals surface area contributed by atoms with Gasteiger partial charge in [-0.1, -0.05) is 0 Å². The van der Waals surface area contributed by atoms with E-state index in [1.807, 2.05) is 0 Å². The number of β-amino-alcohol motifs (C(OH)–C–C–N with tert-alkyl or cyclic N) is 2. The molecule has 15 heavy (non-hydrogen) atoms. The number of aliphatic hydroxyl groups is 2. The van der Waals surface area contributed by atoms with Crippen LogP contribution < -0.4 is 5.73 Å². The average Bonchev–Trinajstić information content (AvgIpc) is 2.40. The van der Waals surface area contributed by atoms with E-state index < -0.39 is 24.4 Å². The molecule has 0 bridgehead atoms. The van der Waals surface area contributed by atoms with E-state index >= 15 is 0 Å². The fourth-order valence-corrected chi connectivity index (χ4v) is 1.76. The molecule has 1 fully saturated rings. The number of rotatable bonds is 3. The van der Waals surface area contributed by atoms with E-state index in [-0.39, 0.29) is 26.1 Å². The van der Waals surface area contributed by atoms with Gasteiger partial charge in [0.25, 0.3) is 0 Å². The van der Waals surface area contributed by atoms with Crippen molar-refractivity contribution >= 4 is 0 Å². The second-order valence-corrected chi connectivity index (χ2v) is 3.72. The Morgan fingerprint density at radius 3 is 2.07 bits per heavy atom. The number of hydrogen-bond donors (Lipinski definition) is 3. The molecule has 0 spiro atoms. The molecule has 1 saturated heterocycles. The van der Waals surface area contributed by atoms with Crippen LogP contribution in [0.4, 0.5) is 13.2 Å². The molecule has 4 N–H and O–H groups in total. The molecule has 7 heteroatoms. The van der Waals surface area contributed by atoms with E-state index in [1.165, 1.54) is 0 Å². The second kappa shape index (κ2) is 4.65. The van der Waals surface area contributed by atoms with Gasteiger partial charge in [-0.2, -0.15) is 13.2 Å². The van der Waals surface area contributed by atoms with Gasteiger partial charge in [-0.05, 0) is 13.0 Å². The Kier molecular flexibility index (Phi) is 3.93. The van der Waals surface area contributed by atoms with Gasteiger partial charge >= 0.3 is 6.18 Å². The van der Waals surface area contributed by atoms with Gasteiger partial charge in [0.15, 0.2) is 0 Å². The van der Waals surface area contributed by atoms with Crippen LogP contribution >= 0.6 is 0 Å². The zero-order valence-corrected chi connectivity index (χ0v) is 8.11. The van der Waals surface area contributed by atoms with Crippen LogP contribution in [0, 0.1) is 0 Å². The van der Waals surface area contributed by atoms with Gasteiger partial charge in [0, 0.05) is 13.1 Å². The summed E-state index contributed by atoms with van der Waals surface area (Å²) < 4.78 is 37.7. The van der Waals surface area contributed by atoms with E-state index in [1.54, 1.807) is 0 Å². The molecule has 1 aliphatic rings. The maximum Gasteiger partial charge on any atom is 0.404 e. The van der Waals surface area contributed by atoms with E-state index in [9.17, 15) is 13.2 Å². The fraction of sp³-hybridized carbons (Fsp3) is 1.00. The highest BCUT2D eigenvalue weighted by Gasteiger charge is 2.46. The van der Waals surface area contributed by atoms with E-state index in [0.29, 0.717) is 0 Å². The number of hydrogen-bond acceptors (Lipinski definition) is 4. The van der Waals surface area contributed by atoms with Crippen molar-refractivity contribution in [1.82, 2.24) is 4.90 Å². The van der Waals surface area contributed by atoms with Gasteiger partial charge in [0.1, 0.15) is 6.04 Å². The molecule has 4 nitrogen and oxygen atoms in total. The van der Waals surface area contributed by atoms with Crippen molar-refractivity contribution in [3.05, 3.63) is 0 Å². The highest BCUT2D eigenvalue weighted by molar-refractivity contribution is 4.90. The summed E-state index contributed by atoms with van der Waals surface area (Å²) in [6.45, 7) is -0.399. The minimum Gasteiger partial charge on any atom is -0.389 e. The monoisotopic (exact) mass is 228 g/mol. The standard InChI is InChI=1S/C8H15F3N2O2/c9-8(10,11)7(1-2-12)13-3-5(14)6(15)4-13/h5-7,14-15H,1-4,12H2. The lowest BCUT2D eigenvalue weighted by molar-refractivity contribution is -0.183. The Balaban J connectivity index is 2.65. The summed E-state index contributed by atoms with van der Waals surface area (Å²) >= 11 is 0. The van der Waals surface area contributed by atoms with Crippen molar-refractivity contribution in [3.8, 4) is 0 Å². The lowest BCUT2D eigenvalue weighted by atomic mass is 10.2. The summed E-state index contributed by atoms with van der Waals surface area (Å²) in [5.41, 5.74) is 5.11. The highest BCUT2D eigenvalue weighted by Crippen LogP contribution is 2.29. The lowest BCUT2D eigenvalue weighted by Crippen LogP contribution is -2.46. The smallest absolute Gasteiger partial charge is 0.389 e. The van der Waals surface area contributed by atoms with Crippen LogP contribution in [0.3, 0.4) is 0 Å². The van der Waals surface area contributed by atoms with Crippen LogP contribution in [0.25, 0.3) is 0 Å². The Morgan fingerprint density at radius 2 is 1.73 bits per heavy atom. The van der Waals surface area contributed by atoms with E-state index in [2.05, 4.69) is 0 Å². The van der Waals surface area contributed by atoms with E-state index in [4.69, 9.17) is 15.9 Å². The summed E-state index contributed by atoms with van der Waals surface area (Å²) in [4.78, 5) is 1.03. The van der Waals surface area contributed by atoms with Crippen LogP contribution in [-0.4, -0.2) is 59.2 Å². The van der Waals surface area contributed by atoms with Crippen LogP contribution in [0.5, 0.6) is 0 Å². The van der Waals surface area contributed by atoms with Crippen LogP contribution in [0.1, 0.15) is 6.42 Å². The topological polar surface area (TPSA) is 69.7 Å². The van der Waals surface area contributed by atoms with Gasteiger partial charge in [0.2, 0.25) is 0 Å². The number of nitrogens with zero attached hydrogens (tertiary/aromatic N) is 1. The summed E-state index contributed by atoms with van der Waals surface area (Å²) in [6, 6.07) is -1.67. The van der Waals surface area contributed by atoms with Crippen molar-refractivity contribution in [2.45, 2.75) is 30.8 Å². The molecule has 0 aromatic rings. The average molecular weight is 228 g/mol. The Labute approximate surface area is 85.5 Å². The zero-order chi connectivity index (χ0) is 11.6. The first kappa shape index (κ1) is 12.7. The van der Waals surface area contributed by atoms with E-state index in [0.717, 1.165) is 4.90 Å². The minimum atomic E-state index is -4.37. The molecule has 1 heterocycles. The largest absolute Gasteiger partial charge is 0.404 e. The number of likely N-dealkylation sites (tertiary alicyclic amines) is 1. The van der Waals surface area contributed by atoms with Gasteiger partial charge in [-0.25, -0.2) is 0 Å². The third-order valence-corrected chi connectivity index (χ3v) is 2.55. The number of halogens is 3. The summed E-state index contributed by atoms with van der Waals surface area (Å²) in [7, 11) is 0. The van der Waals surface area contributed by atoms with Gasteiger partial charge < -0.3 is 15.9 Å². The fourth-order valence-electron chi connectivity index (χ4n) is 1.76. The Hall–Kier alpha value is -0.370. The molecule has 0 aromatic carbocycles. The minimum absolute atomic E-state index is 0.0765. The molecule has 0 amide bonds. The predicted molar refractivity (Wildman–Crippen MR) is 47.1 cm³/mol. The third-order valence-electron chi connectivity index (χ3n) is 2.55. The molecule has 0 aliphatic carbocycles. The van der Waals surface area contributed by atoms with Crippen LogP contribution in [0.15, 0.2) is 0 Å². The van der Waals surface area contributed by atoms with Crippen LogP contribution in [0.2, 0.25) is 0 Å². The maximum atomic E-state index is 12.6. The number of aliphatic hydroxyl groups excluding tert-OH is 2. The normalized spacial score (nSPS) is 30.8. The summed E-state index contributed by atoms with van der Waals surface area (Å²) in [5.74, 6) is 0. The van der Waals surface area contributed by atoms with Gasteiger partial charge in [-0.15, -0.1) is 0 Å². The van der Waals surface area contributed by atoms with Crippen molar-refractivity contribution in [2.75, 3.05) is 19.6 Å². The molecule has 0 radical (unpaired) electrons. The molecule has 3 unspecified atom stereocenters. The lowest BCUT2D eigenvalue weighted by Gasteiger charge is -2.28. The molecular weight excluding hydrogens is 213 g/mol. The van der Waals surface area contributed by atoms with Crippen LogP contribution in [-0.2, 0) is 0 Å². The summed E-state index contributed by atoms with van der Waals surface area (Å²) in [6.07, 6.45) is -6.80. The highest BCUT2D eigenvalue weighted by atomic mass is 19.4. The third kappa shape index (κ3) is 3.04. The van der Waals surface area contributed by atoms with Gasteiger partial charge in [-0.3, -0.25) is 4.90 Å². The quantitative estimate of drug-likeness (QED) is 0.597. The molecule has 0 aromatic heterocycles. The number of alkyl halides is 3. The molecular formula is C8H15F3N2O2. The summed E-state index contributed by atoms with van der Waals surface area (Å²) in [5, 5.41) is 18.3. The second-order valence-electron chi connectivity index (χ2n) is 3.72. The molecule has 90 valence electrons. The zero-order valence-electron chi connectivity index (χ0n) is 8.11. The van der Waals surface area contributed by atoms with Crippen molar-refractivity contribution < 1.29 is 23.4 Å². The number of nitrogens with two attached hydrogens (primary N) is 1. The first-order valence-electron chi connectivity index (χ1n) is 4.73. The SMILES string of the molecule is NCCC(N1CC(O)C(O)C1)C(F)(F)F. The van der Waals surface area contributed by atoms with Crippen molar-refractivity contribution in [2.24, 2.45) is 5.73 Å². The predicted octanol–water partition coefficient (Wildman–Crippen LogP) is -0.696. The van der Waals surface area contributed by atoms with Crippen molar-refractivity contribution in [1.29, 1.82) is 0 Å². The van der Waals surface area contributed by atoms with Crippen molar-refractivity contribution in [3.63, 3.8) is 0 Å².